The van der Waals surface area contributed by atoms with E-state index < -0.39 is 40.8 Å². The third-order valence-corrected chi connectivity index (χ3v) is 6.05. The first-order valence-electron chi connectivity index (χ1n) is 10.5. The first kappa shape index (κ1) is 27.5. The number of hydrogen-bond donors (Lipinski definition) is 1. The summed E-state index contributed by atoms with van der Waals surface area (Å²) in [6.07, 6.45) is -3.74. The maximum atomic E-state index is 14.5. The van der Waals surface area contributed by atoms with Crippen molar-refractivity contribution >= 4 is 22.9 Å². The number of aromatic nitrogens is 1. The van der Waals surface area contributed by atoms with Crippen LogP contribution in [0.5, 0.6) is 5.88 Å². The summed E-state index contributed by atoms with van der Waals surface area (Å²) in [6, 6.07) is 5.68. The zero-order valence-electron chi connectivity index (χ0n) is 18.9. The van der Waals surface area contributed by atoms with Crippen molar-refractivity contribution in [1.82, 2.24) is 4.98 Å². The lowest BCUT2D eigenvalue weighted by molar-refractivity contribution is -0.141. The van der Waals surface area contributed by atoms with Gasteiger partial charge in [0, 0.05) is 23.9 Å². The van der Waals surface area contributed by atoms with Crippen molar-refractivity contribution in [3.63, 3.8) is 0 Å². The van der Waals surface area contributed by atoms with Gasteiger partial charge in [-0.25, -0.2) is 9.37 Å². The number of pyridine rings is 1. The van der Waals surface area contributed by atoms with Gasteiger partial charge in [0.1, 0.15) is 11.5 Å². The van der Waals surface area contributed by atoms with E-state index in [-0.39, 0.29) is 36.1 Å². The predicted octanol–water partition coefficient (Wildman–Crippen LogP) is 4.24. The Morgan fingerprint density at radius 3 is 2.38 bits per heavy atom. The minimum absolute atomic E-state index is 0.0454. The lowest BCUT2D eigenvalue weighted by Gasteiger charge is -2.23. The second-order valence-corrected chi connectivity index (χ2v) is 8.62. The molecule has 2 atom stereocenters. The number of benzene rings is 1. The largest absolute Gasteiger partial charge is 0.755 e. The molecule has 0 spiro atoms. The number of alkyl halides is 3. The van der Waals surface area contributed by atoms with Crippen molar-refractivity contribution in [2.24, 2.45) is 5.73 Å². The molecule has 34 heavy (non-hydrogen) atoms. The number of ether oxygens (including phenoxy) is 1. The lowest BCUT2D eigenvalue weighted by Crippen LogP contribution is -2.24. The van der Waals surface area contributed by atoms with Crippen LogP contribution in [0.2, 0.25) is 0 Å². The van der Waals surface area contributed by atoms with Crippen molar-refractivity contribution in [3.05, 3.63) is 53.0 Å². The zero-order valence-corrected chi connectivity index (χ0v) is 19.7. The Hall–Kier alpha value is -2.73. The molecule has 0 aliphatic carbocycles. The van der Waals surface area contributed by atoms with Crippen LogP contribution in [-0.4, -0.2) is 32.8 Å². The number of aryl methyl sites for hydroxylation is 1. The van der Waals surface area contributed by atoms with E-state index in [0.717, 1.165) is 19.2 Å². The van der Waals surface area contributed by atoms with Crippen LogP contribution in [0, 0.1) is 5.82 Å². The van der Waals surface area contributed by atoms with Crippen LogP contribution >= 0.6 is 0 Å². The van der Waals surface area contributed by atoms with Crippen LogP contribution in [0.25, 0.3) is 0 Å². The Balaban J connectivity index is 2.34. The van der Waals surface area contributed by atoms with Gasteiger partial charge in [0.25, 0.3) is 0 Å². The average Bonchev–Trinajstić information content (AvgIpc) is 2.76. The summed E-state index contributed by atoms with van der Waals surface area (Å²) in [5.74, 6) is -2.79. The van der Waals surface area contributed by atoms with E-state index in [1.807, 2.05) is 13.8 Å². The number of amides is 1. The number of rotatable bonds is 11. The highest BCUT2D eigenvalue weighted by Crippen LogP contribution is 2.33. The van der Waals surface area contributed by atoms with Crippen LogP contribution in [-0.2, 0) is 28.7 Å². The summed E-state index contributed by atoms with van der Waals surface area (Å²) in [4.78, 5) is 15.7. The van der Waals surface area contributed by atoms with Crippen molar-refractivity contribution in [3.8, 4) is 5.88 Å². The van der Waals surface area contributed by atoms with Crippen LogP contribution in [0.3, 0.4) is 0 Å². The molecule has 1 heterocycles. The van der Waals surface area contributed by atoms with Gasteiger partial charge in [-0.05, 0) is 49.4 Å². The first-order valence-corrected chi connectivity index (χ1v) is 11.6. The molecule has 12 heteroatoms. The van der Waals surface area contributed by atoms with Gasteiger partial charge in [-0.2, -0.15) is 13.2 Å². The van der Waals surface area contributed by atoms with E-state index in [1.165, 1.54) is 18.2 Å². The van der Waals surface area contributed by atoms with Crippen molar-refractivity contribution in [2.45, 2.75) is 57.7 Å². The Bertz CT molecular complexity index is 1030. The minimum Gasteiger partial charge on any atom is -0.755 e. The Morgan fingerprint density at radius 1 is 1.24 bits per heavy atom. The van der Waals surface area contributed by atoms with Gasteiger partial charge in [-0.3, -0.25) is 9.00 Å². The molecule has 1 aromatic heterocycles. The van der Waals surface area contributed by atoms with Crippen LogP contribution in [0.15, 0.2) is 30.3 Å². The van der Waals surface area contributed by atoms with E-state index in [9.17, 15) is 31.1 Å². The molecule has 0 fully saturated rings. The normalized spacial score (nSPS) is 13.6. The van der Waals surface area contributed by atoms with Crippen molar-refractivity contribution < 1.29 is 35.9 Å². The highest BCUT2D eigenvalue weighted by atomic mass is 32.2. The van der Waals surface area contributed by atoms with Crippen LogP contribution in [0.1, 0.15) is 55.8 Å². The molecule has 2 rings (SSSR count). The third kappa shape index (κ3) is 6.89. The molecule has 2 unspecified atom stereocenters. The number of anilines is 1. The standard InChI is InChI=1S/C22H27F4N3O4S/c1-4-15(5-2)33-21-13(8-11-19(28-21)22(24,25)26)6-9-16(20(27)30)14-7-10-18(17(23)12-14)29(3)34(31)32/h7-8,10-12,15-16H,4-6,9H2,1-3H3,(H2,27,30)(H,31,32)/p-1. The molecule has 188 valence electrons. The monoisotopic (exact) mass is 504 g/mol. The highest BCUT2D eigenvalue weighted by Gasteiger charge is 2.33. The number of carbonyl (C=O) groups is 1. The predicted molar refractivity (Wildman–Crippen MR) is 118 cm³/mol. The molecule has 0 aliphatic heterocycles. The quantitative estimate of drug-likeness (QED) is 0.364. The van der Waals surface area contributed by atoms with Gasteiger partial charge >= 0.3 is 6.18 Å². The van der Waals surface area contributed by atoms with Crippen molar-refractivity contribution in [1.29, 1.82) is 0 Å². The molecule has 7 nitrogen and oxygen atoms in total. The molecule has 0 aliphatic rings. The molecule has 2 N–H and O–H groups in total. The molecule has 1 amide bonds. The van der Waals surface area contributed by atoms with Gasteiger partial charge in [0.2, 0.25) is 11.8 Å². The highest BCUT2D eigenvalue weighted by molar-refractivity contribution is 7.80. The van der Waals surface area contributed by atoms with Gasteiger partial charge in [0.05, 0.1) is 17.7 Å². The van der Waals surface area contributed by atoms with Crippen LogP contribution < -0.4 is 14.8 Å². The van der Waals surface area contributed by atoms with E-state index in [0.29, 0.717) is 22.7 Å². The topological polar surface area (TPSA) is 109 Å². The van der Waals surface area contributed by atoms with Crippen LogP contribution in [0.4, 0.5) is 23.2 Å². The van der Waals surface area contributed by atoms with E-state index in [1.54, 1.807) is 0 Å². The number of primary amides is 1. The van der Waals surface area contributed by atoms with E-state index >= 15 is 0 Å². The van der Waals surface area contributed by atoms with Crippen molar-refractivity contribution in [2.75, 3.05) is 11.4 Å². The molecule has 0 bridgehead atoms. The molecule has 0 saturated heterocycles. The molecule has 2 aromatic rings. The SMILES string of the molecule is CCC(CC)Oc1nc(C(F)(F)F)ccc1CCC(C(N)=O)c1ccc(N(C)S(=O)[O-])c(F)c1. The Morgan fingerprint density at radius 2 is 1.88 bits per heavy atom. The fourth-order valence-electron chi connectivity index (χ4n) is 3.38. The summed E-state index contributed by atoms with van der Waals surface area (Å²) in [5.41, 5.74) is 4.76. The molecule has 1 aromatic carbocycles. The number of nitrogens with two attached hydrogens (primary N) is 1. The maximum absolute atomic E-state index is 14.5. The molecule has 0 saturated carbocycles. The fourth-order valence-corrected chi connectivity index (χ4v) is 3.69. The number of hydrogen-bond acceptors (Lipinski definition) is 5. The van der Waals surface area contributed by atoms with Gasteiger partial charge in [-0.15, -0.1) is 0 Å². The molecule has 0 radical (unpaired) electrons. The first-order chi connectivity index (χ1) is 15.9. The number of carbonyl (C=O) groups excluding carboxylic acids is 1. The summed E-state index contributed by atoms with van der Waals surface area (Å²) >= 11 is -2.69. The Kier molecular flexibility index (Phi) is 9.39. The maximum Gasteiger partial charge on any atom is 0.433 e. The molecular weight excluding hydrogens is 478 g/mol. The fraction of sp³-hybridized carbons (Fsp3) is 0.455. The summed E-state index contributed by atoms with van der Waals surface area (Å²) in [7, 11) is 1.16. The van der Waals surface area contributed by atoms with E-state index in [4.69, 9.17) is 10.5 Å². The zero-order chi connectivity index (χ0) is 25.6. The summed E-state index contributed by atoms with van der Waals surface area (Å²) < 4.78 is 82.5. The summed E-state index contributed by atoms with van der Waals surface area (Å²) in [6.45, 7) is 3.67. The second kappa shape index (κ2) is 11.6. The number of nitrogens with zero attached hydrogens (tertiary/aromatic N) is 2. The average molecular weight is 505 g/mol. The van der Waals surface area contributed by atoms with E-state index in [2.05, 4.69) is 4.98 Å². The van der Waals surface area contributed by atoms with Gasteiger partial charge < -0.3 is 19.3 Å². The van der Waals surface area contributed by atoms with Gasteiger partial charge in [-0.1, -0.05) is 26.0 Å². The summed E-state index contributed by atoms with van der Waals surface area (Å²) in [5, 5.41) is 0. The molecular formula is C22H26F4N3O4S-. The third-order valence-electron chi connectivity index (χ3n) is 5.40. The second-order valence-electron chi connectivity index (χ2n) is 7.63. The smallest absolute Gasteiger partial charge is 0.433 e. The minimum atomic E-state index is -4.65. The lowest BCUT2D eigenvalue weighted by atomic mass is 9.91. The Labute approximate surface area is 197 Å². The van der Waals surface area contributed by atoms with Gasteiger partial charge in [0.15, 0.2) is 0 Å². The number of halogens is 4.